The molecule has 0 spiro atoms. The lowest BCUT2D eigenvalue weighted by Gasteiger charge is -2.29. The third-order valence-electron chi connectivity index (χ3n) is 5.46. The van der Waals surface area contributed by atoms with E-state index in [-0.39, 0.29) is 0 Å². The second-order valence-electron chi connectivity index (χ2n) is 7.33. The number of aromatic nitrogens is 1. The van der Waals surface area contributed by atoms with Gasteiger partial charge in [0.1, 0.15) is 12.4 Å². The summed E-state index contributed by atoms with van der Waals surface area (Å²) in [5.74, 6) is 3.04. The number of rotatable bonds is 7. The number of nitrogens with zero attached hydrogens (tertiary/aromatic N) is 1. The van der Waals surface area contributed by atoms with Crippen LogP contribution in [-0.2, 0) is 13.2 Å². The predicted octanol–water partition coefficient (Wildman–Crippen LogP) is 4.55. The van der Waals surface area contributed by atoms with Crippen LogP contribution in [0.3, 0.4) is 0 Å². The molecule has 3 rings (SSSR count). The molecule has 142 valence electrons. The van der Waals surface area contributed by atoms with Crippen molar-refractivity contribution in [3.63, 3.8) is 0 Å². The smallest absolute Gasteiger partial charge is 0.161 e. The van der Waals surface area contributed by atoms with Gasteiger partial charge in [-0.1, -0.05) is 31.0 Å². The van der Waals surface area contributed by atoms with Crippen LogP contribution >= 0.6 is 0 Å². The lowest BCUT2D eigenvalue weighted by Crippen LogP contribution is -2.36. The van der Waals surface area contributed by atoms with Crippen LogP contribution in [-0.4, -0.2) is 18.3 Å². The Bertz CT molecular complexity index is 707. The standard InChI is InChI=1S/C21H30N2O3/c1-14-7-5-6-8-19(14)22-12-17-9-10-20(21(11-17)24-4)25-13-18-15(2)23-26-16(18)3/h9-11,14,19,22H,5-8,12-13H2,1-4H3/t14-,19-/m0/s1. The van der Waals surface area contributed by atoms with E-state index in [4.69, 9.17) is 14.0 Å². The Labute approximate surface area is 156 Å². The Kier molecular flexibility index (Phi) is 6.20. The van der Waals surface area contributed by atoms with Gasteiger partial charge in [-0.2, -0.15) is 0 Å². The zero-order valence-electron chi connectivity index (χ0n) is 16.3. The van der Waals surface area contributed by atoms with Crippen LogP contribution in [0.4, 0.5) is 0 Å². The molecule has 0 radical (unpaired) electrons. The molecule has 5 nitrogen and oxygen atoms in total. The zero-order chi connectivity index (χ0) is 18.5. The van der Waals surface area contributed by atoms with Gasteiger partial charge in [0.05, 0.1) is 18.4 Å². The van der Waals surface area contributed by atoms with Crippen molar-refractivity contribution in [3.05, 3.63) is 40.8 Å². The van der Waals surface area contributed by atoms with Gasteiger partial charge in [-0.05, 0) is 50.3 Å². The number of methoxy groups -OCH3 is 1. The first kappa shape index (κ1) is 18.8. The predicted molar refractivity (Wildman–Crippen MR) is 102 cm³/mol. The van der Waals surface area contributed by atoms with Crippen LogP contribution in [0, 0.1) is 19.8 Å². The minimum atomic E-state index is 0.425. The molecule has 2 aromatic rings. The highest BCUT2D eigenvalue weighted by atomic mass is 16.5. The van der Waals surface area contributed by atoms with Gasteiger partial charge >= 0.3 is 0 Å². The van der Waals surface area contributed by atoms with Crippen molar-refractivity contribution in [1.29, 1.82) is 0 Å². The van der Waals surface area contributed by atoms with Crippen LogP contribution in [0.25, 0.3) is 0 Å². The van der Waals surface area contributed by atoms with Crippen LogP contribution in [0.5, 0.6) is 11.5 Å². The summed E-state index contributed by atoms with van der Waals surface area (Å²) in [7, 11) is 1.68. The largest absolute Gasteiger partial charge is 0.493 e. The topological polar surface area (TPSA) is 56.5 Å². The summed E-state index contributed by atoms with van der Waals surface area (Å²) >= 11 is 0. The van der Waals surface area contributed by atoms with Gasteiger partial charge in [0.2, 0.25) is 0 Å². The summed E-state index contributed by atoms with van der Waals surface area (Å²) in [4.78, 5) is 0. The van der Waals surface area contributed by atoms with E-state index in [1.807, 2.05) is 19.9 Å². The van der Waals surface area contributed by atoms with Gasteiger partial charge in [0.25, 0.3) is 0 Å². The minimum Gasteiger partial charge on any atom is -0.493 e. The van der Waals surface area contributed by atoms with E-state index >= 15 is 0 Å². The number of aryl methyl sites for hydroxylation is 2. The van der Waals surface area contributed by atoms with Crippen molar-refractivity contribution < 1.29 is 14.0 Å². The number of benzene rings is 1. The fraction of sp³-hybridized carbons (Fsp3) is 0.571. The quantitative estimate of drug-likeness (QED) is 0.787. The fourth-order valence-electron chi connectivity index (χ4n) is 3.67. The monoisotopic (exact) mass is 358 g/mol. The molecule has 26 heavy (non-hydrogen) atoms. The first-order valence-electron chi connectivity index (χ1n) is 9.53. The van der Waals surface area contributed by atoms with Gasteiger partial charge in [0, 0.05) is 12.6 Å². The molecular weight excluding hydrogens is 328 g/mol. The summed E-state index contributed by atoms with van der Waals surface area (Å²) in [5.41, 5.74) is 3.07. The Morgan fingerprint density at radius 1 is 1.19 bits per heavy atom. The normalized spacial score (nSPS) is 20.2. The molecule has 5 heteroatoms. The lowest BCUT2D eigenvalue weighted by molar-refractivity contribution is 0.277. The van der Waals surface area contributed by atoms with E-state index in [9.17, 15) is 0 Å². The average molecular weight is 358 g/mol. The van der Waals surface area contributed by atoms with Crippen LogP contribution in [0.2, 0.25) is 0 Å². The molecule has 1 aliphatic rings. The molecule has 1 heterocycles. The highest BCUT2D eigenvalue weighted by Crippen LogP contribution is 2.30. The molecule has 1 aromatic carbocycles. The second-order valence-corrected chi connectivity index (χ2v) is 7.33. The number of hydrogen-bond acceptors (Lipinski definition) is 5. The number of ether oxygens (including phenoxy) is 2. The number of nitrogens with one attached hydrogen (secondary N) is 1. The van der Waals surface area contributed by atoms with Crippen LogP contribution < -0.4 is 14.8 Å². The summed E-state index contributed by atoms with van der Waals surface area (Å²) in [5, 5.41) is 7.68. The van der Waals surface area contributed by atoms with Gasteiger partial charge in [-0.3, -0.25) is 0 Å². The van der Waals surface area contributed by atoms with Gasteiger partial charge < -0.3 is 19.3 Å². The van der Waals surface area contributed by atoms with E-state index in [2.05, 4.69) is 29.5 Å². The van der Waals surface area contributed by atoms with E-state index < -0.39 is 0 Å². The maximum atomic E-state index is 5.96. The molecular formula is C21H30N2O3. The third-order valence-corrected chi connectivity index (χ3v) is 5.46. The third kappa shape index (κ3) is 4.39. The lowest BCUT2D eigenvalue weighted by atomic mass is 9.86. The van der Waals surface area contributed by atoms with Gasteiger partial charge in [-0.15, -0.1) is 0 Å². The van der Waals surface area contributed by atoms with Gasteiger partial charge in [-0.25, -0.2) is 0 Å². The minimum absolute atomic E-state index is 0.425. The maximum absolute atomic E-state index is 5.96. The van der Waals surface area contributed by atoms with Crippen molar-refractivity contribution in [1.82, 2.24) is 10.5 Å². The molecule has 1 fully saturated rings. The van der Waals surface area contributed by atoms with Crippen molar-refractivity contribution in [2.75, 3.05) is 7.11 Å². The fourth-order valence-corrected chi connectivity index (χ4v) is 3.67. The van der Waals surface area contributed by atoms with Gasteiger partial charge in [0.15, 0.2) is 11.5 Å². The molecule has 0 aliphatic heterocycles. The highest BCUT2D eigenvalue weighted by molar-refractivity contribution is 5.43. The van der Waals surface area contributed by atoms with E-state index in [0.717, 1.165) is 41.0 Å². The summed E-state index contributed by atoms with van der Waals surface area (Å²) < 4.78 is 16.7. The second kappa shape index (κ2) is 8.58. The first-order valence-corrected chi connectivity index (χ1v) is 9.53. The average Bonchev–Trinajstić information content (AvgIpc) is 2.97. The van der Waals surface area contributed by atoms with Crippen LogP contribution in [0.15, 0.2) is 22.7 Å². The Balaban J connectivity index is 1.62. The van der Waals surface area contributed by atoms with E-state index in [0.29, 0.717) is 12.6 Å². The van der Waals surface area contributed by atoms with E-state index in [1.54, 1.807) is 7.11 Å². The molecule has 2 atom stereocenters. The molecule has 0 amide bonds. The molecule has 0 bridgehead atoms. The Hall–Kier alpha value is -2.01. The Morgan fingerprint density at radius 3 is 2.69 bits per heavy atom. The van der Waals surface area contributed by atoms with Crippen molar-refractivity contribution in [2.45, 2.75) is 65.6 Å². The Morgan fingerprint density at radius 2 is 2.00 bits per heavy atom. The molecule has 1 aromatic heterocycles. The summed E-state index contributed by atoms with van der Waals surface area (Å²) in [6, 6.07) is 6.76. The molecule has 0 unspecified atom stereocenters. The SMILES string of the molecule is COc1cc(CN[C@H]2CCCC[C@@H]2C)ccc1OCc1c(C)noc1C. The van der Waals surface area contributed by atoms with Crippen molar-refractivity contribution >= 4 is 0 Å². The molecule has 1 saturated carbocycles. The van der Waals surface area contributed by atoms with Crippen LogP contribution in [0.1, 0.15) is 55.2 Å². The summed E-state index contributed by atoms with van der Waals surface area (Å²) in [6.45, 7) is 7.46. The van der Waals surface area contributed by atoms with Crippen molar-refractivity contribution in [2.24, 2.45) is 5.92 Å². The van der Waals surface area contributed by atoms with E-state index in [1.165, 1.54) is 31.2 Å². The molecule has 1 N–H and O–H groups in total. The molecule has 0 saturated heterocycles. The summed E-state index contributed by atoms with van der Waals surface area (Å²) in [6.07, 6.45) is 5.30. The maximum Gasteiger partial charge on any atom is 0.161 e. The van der Waals surface area contributed by atoms with Crippen molar-refractivity contribution in [3.8, 4) is 11.5 Å². The number of hydrogen-bond donors (Lipinski definition) is 1. The molecule has 1 aliphatic carbocycles. The highest BCUT2D eigenvalue weighted by Gasteiger charge is 2.20. The zero-order valence-corrected chi connectivity index (χ0v) is 16.3. The first-order chi connectivity index (χ1) is 12.6.